The van der Waals surface area contributed by atoms with Gasteiger partial charge >= 0.3 is 5.97 Å². The molecule has 0 unspecified atom stereocenters. The third-order valence-corrected chi connectivity index (χ3v) is 6.14. The SMILES string of the molecule is COC(=O)c1ccc(O[C@@H]2C[C@@H]3CN(Cc4ccc(OC)nc4)C[C@@H]3C[C@H]2O)cc1. The molecule has 2 aromatic rings. The van der Waals surface area contributed by atoms with Gasteiger partial charge in [0.2, 0.25) is 5.88 Å². The average molecular weight is 412 g/mol. The normalized spacial score (nSPS) is 26.1. The van der Waals surface area contributed by atoms with Crippen LogP contribution in [0.2, 0.25) is 0 Å². The first-order chi connectivity index (χ1) is 14.6. The molecule has 0 radical (unpaired) electrons. The molecule has 0 spiro atoms. The molecule has 1 aromatic carbocycles. The van der Waals surface area contributed by atoms with Gasteiger partial charge in [-0.25, -0.2) is 9.78 Å². The fourth-order valence-electron chi connectivity index (χ4n) is 4.59. The van der Waals surface area contributed by atoms with Crippen LogP contribution in [-0.2, 0) is 11.3 Å². The monoisotopic (exact) mass is 412 g/mol. The quantitative estimate of drug-likeness (QED) is 0.730. The standard InChI is InChI=1S/C23H28N2O5/c1-28-22-8-3-15(11-24-22)12-25-13-17-9-20(26)21(10-18(17)14-25)30-19-6-4-16(5-7-19)23(27)29-2/h3-8,11,17-18,20-21,26H,9-10,12-14H2,1-2H3/t17-,18+,20+,21+/m0/s1. The maximum Gasteiger partial charge on any atom is 0.337 e. The van der Waals surface area contributed by atoms with E-state index in [1.807, 2.05) is 18.3 Å². The zero-order valence-electron chi connectivity index (χ0n) is 17.4. The molecule has 0 bridgehead atoms. The maximum atomic E-state index is 11.6. The number of pyridine rings is 1. The Bertz CT molecular complexity index is 855. The summed E-state index contributed by atoms with van der Waals surface area (Å²) in [5, 5.41) is 10.7. The topological polar surface area (TPSA) is 81.1 Å². The van der Waals surface area contributed by atoms with E-state index in [0.29, 0.717) is 29.0 Å². The maximum absolute atomic E-state index is 11.6. The summed E-state index contributed by atoms with van der Waals surface area (Å²) in [7, 11) is 2.97. The van der Waals surface area contributed by atoms with Crippen LogP contribution in [0.25, 0.3) is 0 Å². The molecule has 1 aliphatic carbocycles. The molecule has 2 heterocycles. The van der Waals surface area contributed by atoms with Crippen molar-refractivity contribution in [3.63, 3.8) is 0 Å². The van der Waals surface area contributed by atoms with E-state index in [-0.39, 0.29) is 12.1 Å². The summed E-state index contributed by atoms with van der Waals surface area (Å²) in [6.07, 6.45) is 2.70. The number of hydrogen-bond donors (Lipinski definition) is 1. The first-order valence-corrected chi connectivity index (χ1v) is 10.3. The number of benzene rings is 1. The molecule has 30 heavy (non-hydrogen) atoms. The van der Waals surface area contributed by atoms with Gasteiger partial charge in [0.05, 0.1) is 25.9 Å². The molecule has 0 amide bonds. The zero-order chi connectivity index (χ0) is 21.1. The summed E-state index contributed by atoms with van der Waals surface area (Å²) < 4.78 is 15.9. The number of ether oxygens (including phenoxy) is 3. The van der Waals surface area contributed by atoms with E-state index in [1.165, 1.54) is 7.11 Å². The lowest BCUT2D eigenvalue weighted by molar-refractivity contribution is -0.0231. The molecule has 1 aliphatic heterocycles. The molecule has 1 aromatic heterocycles. The van der Waals surface area contributed by atoms with E-state index in [1.54, 1.807) is 31.4 Å². The minimum atomic E-state index is -0.492. The minimum absolute atomic E-state index is 0.238. The Labute approximate surface area is 176 Å². The summed E-state index contributed by atoms with van der Waals surface area (Å²) >= 11 is 0. The van der Waals surface area contributed by atoms with Gasteiger partial charge in [0.1, 0.15) is 11.9 Å². The fourth-order valence-corrected chi connectivity index (χ4v) is 4.59. The number of carbonyl (C=O) groups excluding carboxylic acids is 1. The Morgan fingerprint density at radius 2 is 1.83 bits per heavy atom. The van der Waals surface area contributed by atoms with E-state index in [0.717, 1.165) is 38.0 Å². The molecule has 4 atom stereocenters. The number of aromatic nitrogens is 1. The van der Waals surface area contributed by atoms with Crippen molar-refractivity contribution in [2.75, 3.05) is 27.3 Å². The molecule has 1 saturated carbocycles. The highest BCUT2D eigenvalue weighted by Gasteiger charge is 2.42. The van der Waals surface area contributed by atoms with Gasteiger partial charge in [-0.2, -0.15) is 0 Å². The lowest BCUT2D eigenvalue weighted by Crippen LogP contribution is -2.42. The molecule has 7 heteroatoms. The first kappa shape index (κ1) is 20.6. The minimum Gasteiger partial charge on any atom is -0.488 e. The van der Waals surface area contributed by atoms with Crippen molar-refractivity contribution < 1.29 is 24.1 Å². The summed E-state index contributed by atoms with van der Waals surface area (Å²) in [6, 6.07) is 10.8. The van der Waals surface area contributed by atoms with Crippen LogP contribution in [0, 0.1) is 11.8 Å². The number of carbonyl (C=O) groups is 1. The second-order valence-electron chi connectivity index (χ2n) is 8.13. The number of nitrogens with zero attached hydrogens (tertiary/aromatic N) is 2. The van der Waals surface area contributed by atoms with Crippen molar-refractivity contribution in [1.82, 2.24) is 9.88 Å². The third kappa shape index (κ3) is 4.57. The number of aliphatic hydroxyl groups is 1. The van der Waals surface area contributed by atoms with Gasteiger partial charge in [0.15, 0.2) is 0 Å². The van der Waals surface area contributed by atoms with Gasteiger partial charge in [-0.15, -0.1) is 0 Å². The van der Waals surface area contributed by atoms with Crippen LogP contribution in [-0.4, -0.2) is 60.5 Å². The zero-order valence-corrected chi connectivity index (χ0v) is 17.4. The molecule has 2 fully saturated rings. The molecule has 7 nitrogen and oxygen atoms in total. The number of aliphatic hydroxyl groups excluding tert-OH is 1. The van der Waals surface area contributed by atoms with Crippen LogP contribution in [0.1, 0.15) is 28.8 Å². The van der Waals surface area contributed by atoms with Crippen molar-refractivity contribution in [3.05, 3.63) is 53.7 Å². The predicted octanol–water partition coefficient (Wildman–Crippen LogP) is 2.53. The van der Waals surface area contributed by atoms with Crippen molar-refractivity contribution >= 4 is 5.97 Å². The van der Waals surface area contributed by atoms with E-state index in [9.17, 15) is 9.90 Å². The van der Waals surface area contributed by atoms with Gasteiger partial charge in [-0.3, -0.25) is 4.90 Å². The van der Waals surface area contributed by atoms with Crippen LogP contribution < -0.4 is 9.47 Å². The van der Waals surface area contributed by atoms with Crippen LogP contribution in [0.5, 0.6) is 11.6 Å². The second kappa shape index (κ2) is 9.02. The third-order valence-electron chi connectivity index (χ3n) is 6.14. The first-order valence-electron chi connectivity index (χ1n) is 10.3. The van der Waals surface area contributed by atoms with Crippen LogP contribution in [0.3, 0.4) is 0 Å². The van der Waals surface area contributed by atoms with Crippen molar-refractivity contribution in [2.24, 2.45) is 11.8 Å². The number of fused-ring (bicyclic) bond motifs is 1. The average Bonchev–Trinajstić information content (AvgIpc) is 3.15. The Hall–Kier alpha value is -2.64. The fraction of sp³-hybridized carbons (Fsp3) is 0.478. The van der Waals surface area contributed by atoms with Crippen LogP contribution >= 0.6 is 0 Å². The molecule has 2 aliphatic rings. The summed E-state index contributed by atoms with van der Waals surface area (Å²) in [4.78, 5) is 18.3. The van der Waals surface area contributed by atoms with E-state index in [2.05, 4.69) is 9.88 Å². The smallest absolute Gasteiger partial charge is 0.337 e. The molecular weight excluding hydrogens is 384 g/mol. The summed E-state index contributed by atoms with van der Waals surface area (Å²) in [5.74, 6) is 1.88. The van der Waals surface area contributed by atoms with Gasteiger partial charge in [0.25, 0.3) is 0 Å². The lowest BCUT2D eigenvalue weighted by Gasteiger charge is -2.35. The van der Waals surface area contributed by atoms with Gasteiger partial charge in [-0.05, 0) is 54.5 Å². The number of likely N-dealkylation sites (tertiary alicyclic amines) is 1. The van der Waals surface area contributed by atoms with Crippen molar-refractivity contribution in [2.45, 2.75) is 31.6 Å². The Morgan fingerprint density at radius 3 is 2.47 bits per heavy atom. The highest BCUT2D eigenvalue weighted by molar-refractivity contribution is 5.89. The predicted molar refractivity (Wildman–Crippen MR) is 110 cm³/mol. The number of esters is 1. The summed E-state index contributed by atoms with van der Waals surface area (Å²) in [6.45, 7) is 2.82. The molecule has 1 N–H and O–H groups in total. The van der Waals surface area contributed by atoms with Crippen LogP contribution in [0.15, 0.2) is 42.6 Å². The molecular formula is C23H28N2O5. The van der Waals surface area contributed by atoms with Crippen LogP contribution in [0.4, 0.5) is 0 Å². The molecule has 160 valence electrons. The van der Waals surface area contributed by atoms with Gasteiger partial charge in [0, 0.05) is 31.9 Å². The van der Waals surface area contributed by atoms with Gasteiger partial charge in [-0.1, -0.05) is 6.07 Å². The number of methoxy groups -OCH3 is 2. The van der Waals surface area contributed by atoms with Crippen molar-refractivity contribution in [1.29, 1.82) is 0 Å². The van der Waals surface area contributed by atoms with E-state index in [4.69, 9.17) is 14.2 Å². The second-order valence-corrected chi connectivity index (χ2v) is 8.13. The lowest BCUT2D eigenvalue weighted by atomic mass is 9.78. The van der Waals surface area contributed by atoms with E-state index >= 15 is 0 Å². The largest absolute Gasteiger partial charge is 0.488 e. The molecule has 4 rings (SSSR count). The van der Waals surface area contributed by atoms with Crippen molar-refractivity contribution in [3.8, 4) is 11.6 Å². The Morgan fingerprint density at radius 1 is 1.10 bits per heavy atom. The Balaban J connectivity index is 1.34. The number of rotatable bonds is 6. The Kier molecular flexibility index (Phi) is 6.20. The highest BCUT2D eigenvalue weighted by Crippen LogP contribution is 2.38. The van der Waals surface area contributed by atoms with Gasteiger partial charge < -0.3 is 19.3 Å². The highest BCUT2D eigenvalue weighted by atomic mass is 16.5. The van der Waals surface area contributed by atoms with E-state index < -0.39 is 6.10 Å². The molecule has 1 saturated heterocycles. The summed E-state index contributed by atoms with van der Waals surface area (Å²) in [5.41, 5.74) is 1.64. The number of hydrogen-bond acceptors (Lipinski definition) is 7.